The fourth-order valence-electron chi connectivity index (χ4n) is 1.57. The second-order valence-electron chi connectivity index (χ2n) is 4.29. The summed E-state index contributed by atoms with van der Waals surface area (Å²) in [6.07, 6.45) is -0.467. The number of halogens is 1. The second kappa shape index (κ2) is 8.30. The molecule has 19 heavy (non-hydrogen) atoms. The minimum Gasteiger partial charge on any atom is -0.382 e. The number of carbonyl (C=O) groups excluding carboxylic acids is 1. The van der Waals surface area contributed by atoms with Crippen molar-refractivity contribution in [3.8, 4) is 0 Å². The maximum atomic E-state index is 11.8. The van der Waals surface area contributed by atoms with Gasteiger partial charge in [0.2, 0.25) is 5.91 Å². The first-order valence-corrected chi connectivity index (χ1v) is 6.97. The average Bonchev–Trinajstić information content (AvgIpc) is 2.37. The molecule has 4 nitrogen and oxygen atoms in total. The highest BCUT2D eigenvalue weighted by atomic mass is 79.9. The quantitative estimate of drug-likeness (QED) is 0.781. The number of nitrogens with one attached hydrogen (secondary N) is 1. The van der Waals surface area contributed by atoms with Crippen molar-refractivity contribution in [2.45, 2.75) is 26.5 Å². The monoisotopic (exact) mass is 329 g/mol. The van der Waals surface area contributed by atoms with Crippen molar-refractivity contribution in [1.82, 2.24) is 5.32 Å². The van der Waals surface area contributed by atoms with Crippen LogP contribution in [0.3, 0.4) is 0 Å². The van der Waals surface area contributed by atoms with E-state index >= 15 is 0 Å². The zero-order valence-electron chi connectivity index (χ0n) is 11.5. The Labute approximate surface area is 122 Å². The molecule has 0 saturated carbocycles. The van der Waals surface area contributed by atoms with Gasteiger partial charge in [-0.3, -0.25) is 4.79 Å². The average molecular weight is 330 g/mol. The highest BCUT2D eigenvalue weighted by Gasteiger charge is 2.12. The van der Waals surface area contributed by atoms with Crippen LogP contribution in [0.1, 0.15) is 18.1 Å². The third-order valence-electron chi connectivity index (χ3n) is 2.78. The van der Waals surface area contributed by atoms with E-state index in [1.807, 2.05) is 25.1 Å². The molecule has 0 aliphatic rings. The SMILES string of the molecule is COCCO[C@@H](C)C(=O)NCc1ccc(Br)cc1C. The van der Waals surface area contributed by atoms with Crippen molar-refractivity contribution in [1.29, 1.82) is 0 Å². The van der Waals surface area contributed by atoms with Gasteiger partial charge >= 0.3 is 0 Å². The highest BCUT2D eigenvalue weighted by Crippen LogP contribution is 2.15. The number of hydrogen-bond acceptors (Lipinski definition) is 3. The maximum absolute atomic E-state index is 11.8. The third-order valence-corrected chi connectivity index (χ3v) is 3.28. The lowest BCUT2D eigenvalue weighted by Gasteiger charge is -2.14. The van der Waals surface area contributed by atoms with Crippen LogP contribution in [0.2, 0.25) is 0 Å². The van der Waals surface area contributed by atoms with Gasteiger partial charge in [-0.1, -0.05) is 22.0 Å². The predicted molar refractivity (Wildman–Crippen MR) is 78.0 cm³/mol. The largest absolute Gasteiger partial charge is 0.382 e. The zero-order chi connectivity index (χ0) is 14.3. The number of methoxy groups -OCH3 is 1. The first-order valence-electron chi connectivity index (χ1n) is 6.18. The molecule has 0 aliphatic carbocycles. The molecule has 1 aromatic rings. The number of aryl methyl sites for hydroxylation is 1. The van der Waals surface area contributed by atoms with Crippen LogP contribution in [0, 0.1) is 6.92 Å². The standard InChI is InChI=1S/C14H20BrNO3/c1-10-8-13(15)5-4-12(10)9-16-14(17)11(2)19-7-6-18-3/h4-5,8,11H,6-7,9H2,1-3H3,(H,16,17)/t11-/m0/s1. The summed E-state index contributed by atoms with van der Waals surface area (Å²) in [6.45, 7) is 5.17. The van der Waals surface area contributed by atoms with Crippen LogP contribution in [-0.4, -0.2) is 32.3 Å². The van der Waals surface area contributed by atoms with E-state index in [-0.39, 0.29) is 5.91 Å². The van der Waals surface area contributed by atoms with E-state index in [1.165, 1.54) is 0 Å². The van der Waals surface area contributed by atoms with Gasteiger partial charge in [0, 0.05) is 18.1 Å². The van der Waals surface area contributed by atoms with E-state index in [2.05, 4.69) is 21.2 Å². The molecule has 0 saturated heterocycles. The minimum absolute atomic E-state index is 0.113. The summed E-state index contributed by atoms with van der Waals surface area (Å²) >= 11 is 3.42. The Hall–Kier alpha value is -0.910. The van der Waals surface area contributed by atoms with Gasteiger partial charge in [-0.25, -0.2) is 0 Å². The molecule has 1 atom stereocenters. The molecule has 0 aliphatic heterocycles. The van der Waals surface area contributed by atoms with E-state index in [0.717, 1.165) is 15.6 Å². The first-order chi connectivity index (χ1) is 9.04. The van der Waals surface area contributed by atoms with Crippen molar-refractivity contribution in [2.75, 3.05) is 20.3 Å². The number of benzene rings is 1. The summed E-state index contributed by atoms with van der Waals surface area (Å²) < 4.78 is 11.2. The lowest BCUT2D eigenvalue weighted by molar-refractivity contribution is -0.132. The van der Waals surface area contributed by atoms with Crippen LogP contribution in [0.4, 0.5) is 0 Å². The normalized spacial score (nSPS) is 12.2. The lowest BCUT2D eigenvalue weighted by Crippen LogP contribution is -2.34. The number of carbonyl (C=O) groups is 1. The van der Waals surface area contributed by atoms with Crippen molar-refractivity contribution >= 4 is 21.8 Å². The number of ether oxygens (including phenoxy) is 2. The van der Waals surface area contributed by atoms with Crippen LogP contribution in [-0.2, 0) is 20.8 Å². The van der Waals surface area contributed by atoms with Crippen molar-refractivity contribution in [3.63, 3.8) is 0 Å². The lowest BCUT2D eigenvalue weighted by atomic mass is 10.1. The third kappa shape index (κ3) is 5.72. The molecule has 0 radical (unpaired) electrons. The molecule has 0 bridgehead atoms. The van der Waals surface area contributed by atoms with Gasteiger partial charge in [0.05, 0.1) is 13.2 Å². The van der Waals surface area contributed by atoms with Crippen molar-refractivity contribution in [2.24, 2.45) is 0 Å². The summed E-state index contributed by atoms with van der Waals surface area (Å²) in [4.78, 5) is 11.8. The van der Waals surface area contributed by atoms with E-state index in [1.54, 1.807) is 14.0 Å². The molecular formula is C14H20BrNO3. The number of hydrogen-bond donors (Lipinski definition) is 1. The Morgan fingerprint density at radius 3 is 2.79 bits per heavy atom. The molecule has 0 aromatic heterocycles. The van der Waals surface area contributed by atoms with Gasteiger partial charge < -0.3 is 14.8 Å². The van der Waals surface area contributed by atoms with Crippen LogP contribution >= 0.6 is 15.9 Å². The first kappa shape index (κ1) is 16.1. The van der Waals surface area contributed by atoms with Crippen molar-refractivity contribution < 1.29 is 14.3 Å². The van der Waals surface area contributed by atoms with Crippen LogP contribution in [0.5, 0.6) is 0 Å². The van der Waals surface area contributed by atoms with Gasteiger partial charge in [-0.2, -0.15) is 0 Å². The molecule has 1 N–H and O–H groups in total. The van der Waals surface area contributed by atoms with E-state index in [0.29, 0.717) is 19.8 Å². The van der Waals surface area contributed by atoms with Crippen LogP contribution in [0.25, 0.3) is 0 Å². The molecule has 0 fully saturated rings. The van der Waals surface area contributed by atoms with Gasteiger partial charge in [0.1, 0.15) is 6.10 Å². The molecule has 0 heterocycles. The van der Waals surface area contributed by atoms with Gasteiger partial charge in [0.25, 0.3) is 0 Å². The van der Waals surface area contributed by atoms with Gasteiger partial charge in [0.15, 0.2) is 0 Å². The topological polar surface area (TPSA) is 47.6 Å². The second-order valence-corrected chi connectivity index (χ2v) is 5.21. The Bertz CT molecular complexity index is 423. The van der Waals surface area contributed by atoms with E-state index in [9.17, 15) is 4.79 Å². The molecular weight excluding hydrogens is 310 g/mol. The summed E-state index contributed by atoms with van der Waals surface area (Å²) in [5.41, 5.74) is 2.24. The molecule has 1 aromatic carbocycles. The Morgan fingerprint density at radius 2 is 2.16 bits per heavy atom. The predicted octanol–water partition coefficient (Wildman–Crippen LogP) is 2.43. The number of amides is 1. The Morgan fingerprint density at radius 1 is 1.42 bits per heavy atom. The van der Waals surface area contributed by atoms with Gasteiger partial charge in [-0.05, 0) is 37.1 Å². The van der Waals surface area contributed by atoms with Gasteiger partial charge in [-0.15, -0.1) is 0 Å². The smallest absolute Gasteiger partial charge is 0.249 e. The van der Waals surface area contributed by atoms with E-state index in [4.69, 9.17) is 9.47 Å². The van der Waals surface area contributed by atoms with Crippen molar-refractivity contribution in [3.05, 3.63) is 33.8 Å². The van der Waals surface area contributed by atoms with Crippen LogP contribution in [0.15, 0.2) is 22.7 Å². The maximum Gasteiger partial charge on any atom is 0.249 e. The van der Waals surface area contributed by atoms with E-state index < -0.39 is 6.10 Å². The summed E-state index contributed by atoms with van der Waals surface area (Å²) in [5.74, 6) is -0.113. The molecule has 1 amide bonds. The highest BCUT2D eigenvalue weighted by molar-refractivity contribution is 9.10. The zero-order valence-corrected chi connectivity index (χ0v) is 13.1. The summed E-state index contributed by atoms with van der Waals surface area (Å²) in [7, 11) is 1.60. The number of rotatable bonds is 7. The Balaban J connectivity index is 2.40. The molecule has 0 unspecified atom stereocenters. The summed E-state index contributed by atoms with van der Waals surface area (Å²) in [6, 6.07) is 5.99. The molecule has 1 rings (SSSR count). The van der Waals surface area contributed by atoms with Crippen LogP contribution < -0.4 is 5.32 Å². The summed E-state index contributed by atoms with van der Waals surface area (Å²) in [5, 5.41) is 2.87. The Kier molecular flexibility index (Phi) is 7.05. The fraction of sp³-hybridized carbons (Fsp3) is 0.500. The minimum atomic E-state index is -0.467. The fourth-order valence-corrected chi connectivity index (χ4v) is 2.04. The molecule has 106 valence electrons. The molecule has 5 heteroatoms. The molecule has 0 spiro atoms.